The Kier molecular flexibility index (Phi) is 4.99. The minimum atomic E-state index is 0.211. The largest absolute Gasteiger partial charge is 0.150 e. The van der Waals surface area contributed by atoms with Crippen LogP contribution in [0.15, 0.2) is 5.18 Å². The van der Waals surface area contributed by atoms with Crippen molar-refractivity contribution in [3.8, 4) is 0 Å². The van der Waals surface area contributed by atoms with Gasteiger partial charge in [-0.3, -0.25) is 0 Å². The molecule has 0 heterocycles. The van der Waals surface area contributed by atoms with Gasteiger partial charge in [0.15, 0.2) is 0 Å². The molecular formula is C15H27NO. The molecule has 2 heteroatoms. The zero-order chi connectivity index (χ0) is 12.1. The van der Waals surface area contributed by atoms with Gasteiger partial charge in [0.05, 0.1) is 6.04 Å². The summed E-state index contributed by atoms with van der Waals surface area (Å²) in [6.45, 7) is 2.26. The average molecular weight is 237 g/mol. The first-order chi connectivity index (χ1) is 8.38. The van der Waals surface area contributed by atoms with Crippen LogP contribution in [0.4, 0.5) is 0 Å². The Balaban J connectivity index is 1.47. The summed E-state index contributed by atoms with van der Waals surface area (Å²) in [5.74, 6) is 2.26. The van der Waals surface area contributed by atoms with E-state index in [2.05, 4.69) is 12.1 Å². The summed E-state index contributed by atoms with van der Waals surface area (Å²) in [7, 11) is 0. The Labute approximate surface area is 106 Å². The number of hydrogen-bond donors (Lipinski definition) is 0. The summed E-state index contributed by atoms with van der Waals surface area (Å²) in [6, 6.07) is 0.211. The molecule has 2 aliphatic carbocycles. The van der Waals surface area contributed by atoms with Crippen LogP contribution in [0.1, 0.15) is 71.1 Å². The fourth-order valence-electron chi connectivity index (χ4n) is 3.34. The zero-order valence-electron chi connectivity index (χ0n) is 11.2. The van der Waals surface area contributed by atoms with E-state index in [0.717, 1.165) is 5.92 Å². The van der Waals surface area contributed by atoms with Crippen molar-refractivity contribution in [2.24, 2.45) is 22.9 Å². The Morgan fingerprint density at radius 2 is 1.65 bits per heavy atom. The molecule has 0 radical (unpaired) electrons. The van der Waals surface area contributed by atoms with Gasteiger partial charge in [0, 0.05) is 0 Å². The van der Waals surface area contributed by atoms with E-state index in [1.165, 1.54) is 64.2 Å². The van der Waals surface area contributed by atoms with Crippen LogP contribution >= 0.6 is 0 Å². The van der Waals surface area contributed by atoms with Gasteiger partial charge in [0.2, 0.25) is 0 Å². The normalized spacial score (nSPS) is 31.5. The van der Waals surface area contributed by atoms with Crippen molar-refractivity contribution in [1.29, 1.82) is 0 Å². The third-order valence-corrected chi connectivity index (χ3v) is 4.62. The van der Waals surface area contributed by atoms with Crippen LogP contribution in [0.25, 0.3) is 0 Å². The lowest BCUT2D eigenvalue weighted by molar-refractivity contribution is 0.528. The number of hydrogen-bond acceptors (Lipinski definition) is 2. The standard InChI is InChI=1S/C15H27NO/c1-2-3-4-5-6-7-8-9-13-14(12-10-11-12)15(13)16-17/h12-15H,2-11H2,1H3. The highest BCUT2D eigenvalue weighted by molar-refractivity contribution is 5.08. The van der Waals surface area contributed by atoms with Gasteiger partial charge in [-0.2, -0.15) is 4.91 Å². The minimum Gasteiger partial charge on any atom is -0.150 e. The second-order valence-corrected chi connectivity index (χ2v) is 6.08. The third kappa shape index (κ3) is 3.79. The van der Waals surface area contributed by atoms with E-state index in [-0.39, 0.29) is 6.04 Å². The average Bonchev–Trinajstić information content (AvgIpc) is 3.21. The molecule has 2 aliphatic rings. The first-order valence-electron chi connectivity index (χ1n) is 7.71. The molecule has 0 aromatic rings. The van der Waals surface area contributed by atoms with Crippen LogP contribution in [0, 0.1) is 22.7 Å². The fraction of sp³-hybridized carbons (Fsp3) is 1.00. The Hall–Kier alpha value is -0.400. The monoisotopic (exact) mass is 237 g/mol. The van der Waals surface area contributed by atoms with Gasteiger partial charge in [-0.15, -0.1) is 0 Å². The van der Waals surface area contributed by atoms with Gasteiger partial charge < -0.3 is 0 Å². The molecule has 3 atom stereocenters. The zero-order valence-corrected chi connectivity index (χ0v) is 11.2. The van der Waals surface area contributed by atoms with Crippen LogP contribution in [0.3, 0.4) is 0 Å². The lowest BCUT2D eigenvalue weighted by Gasteiger charge is -2.00. The maximum Gasteiger partial charge on any atom is 0.0985 e. The molecule has 0 aliphatic heterocycles. The van der Waals surface area contributed by atoms with Crippen molar-refractivity contribution in [3.63, 3.8) is 0 Å². The Bertz CT molecular complexity index is 237. The molecule has 0 spiro atoms. The lowest BCUT2D eigenvalue weighted by atomic mass is 10.1. The van der Waals surface area contributed by atoms with Gasteiger partial charge >= 0.3 is 0 Å². The molecule has 17 heavy (non-hydrogen) atoms. The highest BCUT2D eigenvalue weighted by Gasteiger charge is 2.57. The van der Waals surface area contributed by atoms with Crippen LogP contribution in [0.2, 0.25) is 0 Å². The molecule has 0 aromatic carbocycles. The number of nitroso groups, excluding NO2 is 1. The summed E-state index contributed by atoms with van der Waals surface area (Å²) < 4.78 is 0. The van der Waals surface area contributed by atoms with E-state index in [0.29, 0.717) is 11.8 Å². The van der Waals surface area contributed by atoms with Gasteiger partial charge in [-0.05, 0) is 37.0 Å². The smallest absolute Gasteiger partial charge is 0.0985 e. The van der Waals surface area contributed by atoms with Crippen LogP contribution < -0.4 is 0 Å². The first-order valence-corrected chi connectivity index (χ1v) is 7.71. The highest BCUT2D eigenvalue weighted by atomic mass is 16.3. The topological polar surface area (TPSA) is 29.4 Å². The van der Waals surface area contributed by atoms with Crippen molar-refractivity contribution in [1.82, 2.24) is 0 Å². The second-order valence-electron chi connectivity index (χ2n) is 6.08. The summed E-state index contributed by atoms with van der Waals surface area (Å²) in [6.07, 6.45) is 13.6. The first kappa shape index (κ1) is 13.0. The molecule has 0 amide bonds. The summed E-state index contributed by atoms with van der Waals surface area (Å²) >= 11 is 0. The molecule has 2 fully saturated rings. The van der Waals surface area contributed by atoms with Gasteiger partial charge in [0.25, 0.3) is 0 Å². The Morgan fingerprint density at radius 1 is 1.00 bits per heavy atom. The van der Waals surface area contributed by atoms with Crippen LogP contribution in [0.5, 0.6) is 0 Å². The minimum absolute atomic E-state index is 0.211. The van der Waals surface area contributed by atoms with E-state index >= 15 is 0 Å². The van der Waals surface area contributed by atoms with E-state index in [9.17, 15) is 4.91 Å². The molecule has 2 rings (SSSR count). The predicted octanol–water partition coefficient (Wildman–Crippen LogP) is 4.92. The predicted molar refractivity (Wildman–Crippen MR) is 71.9 cm³/mol. The quantitative estimate of drug-likeness (QED) is 0.392. The summed E-state index contributed by atoms with van der Waals surface area (Å²) in [5, 5.41) is 3.31. The molecule has 98 valence electrons. The molecular weight excluding hydrogens is 210 g/mol. The molecule has 2 nitrogen and oxygen atoms in total. The van der Waals surface area contributed by atoms with E-state index in [1.54, 1.807) is 0 Å². The van der Waals surface area contributed by atoms with E-state index in [1.807, 2.05) is 0 Å². The highest BCUT2D eigenvalue weighted by Crippen LogP contribution is 2.57. The summed E-state index contributed by atoms with van der Waals surface area (Å²) in [5.41, 5.74) is 0. The number of nitrogens with zero attached hydrogens (tertiary/aromatic N) is 1. The maximum absolute atomic E-state index is 10.7. The van der Waals surface area contributed by atoms with Crippen molar-refractivity contribution in [3.05, 3.63) is 4.91 Å². The van der Waals surface area contributed by atoms with E-state index in [4.69, 9.17) is 0 Å². The van der Waals surface area contributed by atoms with Crippen molar-refractivity contribution >= 4 is 0 Å². The molecule has 0 aromatic heterocycles. The van der Waals surface area contributed by atoms with Crippen molar-refractivity contribution in [2.75, 3.05) is 0 Å². The second kappa shape index (κ2) is 6.51. The van der Waals surface area contributed by atoms with Gasteiger partial charge in [0.1, 0.15) is 0 Å². The molecule has 0 saturated heterocycles. The number of unbranched alkanes of at least 4 members (excludes halogenated alkanes) is 6. The molecule has 3 unspecified atom stereocenters. The van der Waals surface area contributed by atoms with Gasteiger partial charge in [-0.25, -0.2) is 0 Å². The Morgan fingerprint density at radius 3 is 2.24 bits per heavy atom. The molecule has 0 N–H and O–H groups in total. The van der Waals surface area contributed by atoms with Crippen molar-refractivity contribution in [2.45, 2.75) is 77.2 Å². The SMILES string of the molecule is CCCCCCCCCC1C(N=O)C1C1CC1. The fourth-order valence-corrected chi connectivity index (χ4v) is 3.34. The maximum atomic E-state index is 10.7. The molecule has 0 bridgehead atoms. The van der Waals surface area contributed by atoms with Crippen LogP contribution in [-0.4, -0.2) is 6.04 Å². The molecule has 2 saturated carbocycles. The van der Waals surface area contributed by atoms with E-state index < -0.39 is 0 Å². The third-order valence-electron chi connectivity index (χ3n) is 4.62. The number of rotatable bonds is 10. The summed E-state index contributed by atoms with van der Waals surface area (Å²) in [4.78, 5) is 10.7. The lowest BCUT2D eigenvalue weighted by Crippen LogP contribution is -1.86. The van der Waals surface area contributed by atoms with Gasteiger partial charge in [-0.1, -0.05) is 57.0 Å². The van der Waals surface area contributed by atoms with Crippen molar-refractivity contribution < 1.29 is 0 Å². The van der Waals surface area contributed by atoms with Crippen LogP contribution in [-0.2, 0) is 0 Å².